The number of aromatic nitrogens is 5. The number of hydrogen-bond acceptors (Lipinski definition) is 5. The van der Waals surface area contributed by atoms with Crippen LogP contribution in [-0.4, -0.2) is 48.9 Å². The van der Waals surface area contributed by atoms with Crippen molar-refractivity contribution in [2.45, 2.75) is 44.6 Å². The highest BCUT2D eigenvalue weighted by Crippen LogP contribution is 2.34. The van der Waals surface area contributed by atoms with Crippen LogP contribution in [0.25, 0.3) is 27.8 Å². The molecule has 1 aliphatic carbocycles. The standard InChI is InChI=1S/C24H28N6O2/c31-13-16-8-9-28(11-16)21-12-29(23-22(21)24(32)26-14-25-23)18-6-7-20-19(10-18)27-15-30(20)17-4-2-1-3-5-17/h6-7,10,12,14-17,31H,1-5,8-9,11,13H2,(H,25,26,32)/t16-/m1/s1. The van der Waals surface area contributed by atoms with E-state index in [1.54, 1.807) is 0 Å². The molecule has 4 aromatic rings. The predicted octanol–water partition coefficient (Wildman–Crippen LogP) is 3.39. The minimum atomic E-state index is -0.140. The second-order valence-corrected chi connectivity index (χ2v) is 9.21. The monoisotopic (exact) mass is 432 g/mol. The minimum Gasteiger partial charge on any atom is -0.396 e. The van der Waals surface area contributed by atoms with Gasteiger partial charge in [-0.05, 0) is 37.5 Å². The summed E-state index contributed by atoms with van der Waals surface area (Å²) in [5.74, 6) is 0.240. The first-order valence-corrected chi connectivity index (χ1v) is 11.6. The quantitative estimate of drug-likeness (QED) is 0.516. The van der Waals surface area contributed by atoms with Gasteiger partial charge in [0, 0.05) is 43.5 Å². The summed E-state index contributed by atoms with van der Waals surface area (Å²) in [6.07, 6.45) is 12.7. The normalized spacial score (nSPS) is 20.0. The number of nitrogens with zero attached hydrogens (tertiary/aromatic N) is 5. The van der Waals surface area contributed by atoms with Crippen molar-refractivity contribution in [1.82, 2.24) is 24.1 Å². The minimum absolute atomic E-state index is 0.140. The molecule has 1 saturated heterocycles. The van der Waals surface area contributed by atoms with Crippen molar-refractivity contribution in [2.75, 3.05) is 24.6 Å². The van der Waals surface area contributed by atoms with Crippen LogP contribution in [0.15, 0.2) is 41.8 Å². The third-order valence-electron chi connectivity index (χ3n) is 7.26. The van der Waals surface area contributed by atoms with Gasteiger partial charge in [-0.15, -0.1) is 0 Å². The fourth-order valence-corrected chi connectivity index (χ4v) is 5.51. The number of benzene rings is 1. The van der Waals surface area contributed by atoms with E-state index in [2.05, 4.69) is 37.6 Å². The van der Waals surface area contributed by atoms with Crippen molar-refractivity contribution in [3.05, 3.63) is 47.4 Å². The summed E-state index contributed by atoms with van der Waals surface area (Å²) >= 11 is 0. The molecule has 166 valence electrons. The maximum atomic E-state index is 12.7. The molecule has 2 aliphatic rings. The molecule has 0 bridgehead atoms. The Bertz CT molecular complexity index is 1330. The summed E-state index contributed by atoms with van der Waals surface area (Å²) in [5.41, 5.74) is 4.44. The van der Waals surface area contributed by atoms with E-state index in [1.165, 1.54) is 38.4 Å². The van der Waals surface area contributed by atoms with Crippen molar-refractivity contribution in [3.63, 3.8) is 0 Å². The molecule has 32 heavy (non-hydrogen) atoms. The van der Waals surface area contributed by atoms with Gasteiger partial charge >= 0.3 is 0 Å². The highest BCUT2D eigenvalue weighted by atomic mass is 16.3. The summed E-state index contributed by atoms with van der Waals surface area (Å²) in [4.78, 5) is 26.9. The molecule has 4 heterocycles. The van der Waals surface area contributed by atoms with Crippen LogP contribution < -0.4 is 10.5 Å². The van der Waals surface area contributed by atoms with E-state index < -0.39 is 0 Å². The van der Waals surface area contributed by atoms with Crippen LogP contribution in [0.4, 0.5) is 5.69 Å². The third-order valence-corrected chi connectivity index (χ3v) is 7.26. The molecule has 6 rings (SSSR count). The van der Waals surface area contributed by atoms with Crippen molar-refractivity contribution in [2.24, 2.45) is 5.92 Å². The molecular formula is C24H28N6O2. The van der Waals surface area contributed by atoms with E-state index >= 15 is 0 Å². The van der Waals surface area contributed by atoms with Gasteiger partial charge in [-0.25, -0.2) is 9.97 Å². The Morgan fingerprint density at radius 2 is 2.00 bits per heavy atom. The molecule has 2 fully saturated rings. The Morgan fingerprint density at radius 3 is 2.81 bits per heavy atom. The Kier molecular flexibility index (Phi) is 4.75. The lowest BCUT2D eigenvalue weighted by atomic mass is 9.95. The number of aliphatic hydroxyl groups is 1. The zero-order chi connectivity index (χ0) is 21.7. The maximum Gasteiger partial charge on any atom is 0.262 e. The third kappa shape index (κ3) is 3.12. The van der Waals surface area contributed by atoms with Crippen molar-refractivity contribution in [3.8, 4) is 5.69 Å². The van der Waals surface area contributed by atoms with Crippen LogP contribution in [0.5, 0.6) is 0 Å². The lowest BCUT2D eigenvalue weighted by molar-refractivity contribution is 0.238. The van der Waals surface area contributed by atoms with E-state index in [0.717, 1.165) is 41.9 Å². The molecule has 8 nitrogen and oxygen atoms in total. The second-order valence-electron chi connectivity index (χ2n) is 9.21. The molecule has 0 amide bonds. The Balaban J connectivity index is 1.44. The highest BCUT2D eigenvalue weighted by molar-refractivity contribution is 5.92. The van der Waals surface area contributed by atoms with Crippen molar-refractivity contribution >= 4 is 27.8 Å². The number of aromatic amines is 1. The molecule has 1 aliphatic heterocycles. The average molecular weight is 433 g/mol. The lowest BCUT2D eigenvalue weighted by Crippen LogP contribution is -2.21. The van der Waals surface area contributed by atoms with Gasteiger partial charge in [0.25, 0.3) is 5.56 Å². The Labute approximate surface area is 185 Å². The van der Waals surface area contributed by atoms with Gasteiger partial charge in [-0.1, -0.05) is 19.3 Å². The molecule has 1 aromatic carbocycles. The van der Waals surface area contributed by atoms with Gasteiger partial charge in [0.15, 0.2) is 5.65 Å². The average Bonchev–Trinajstić information content (AvgIpc) is 3.56. The fraction of sp³-hybridized carbons (Fsp3) is 0.458. The fourth-order valence-electron chi connectivity index (χ4n) is 5.51. The van der Waals surface area contributed by atoms with E-state index in [9.17, 15) is 9.90 Å². The van der Waals surface area contributed by atoms with Crippen LogP contribution in [-0.2, 0) is 0 Å². The number of H-pyrrole nitrogens is 1. The molecule has 0 radical (unpaired) electrons. The van der Waals surface area contributed by atoms with Gasteiger partial charge in [0.2, 0.25) is 0 Å². The zero-order valence-electron chi connectivity index (χ0n) is 18.1. The zero-order valence-corrected chi connectivity index (χ0v) is 18.1. The first-order chi connectivity index (χ1) is 15.7. The van der Waals surface area contributed by atoms with Gasteiger partial charge < -0.3 is 19.6 Å². The Morgan fingerprint density at radius 1 is 1.12 bits per heavy atom. The number of imidazole rings is 1. The molecule has 8 heteroatoms. The van der Waals surface area contributed by atoms with Gasteiger partial charge in [0.05, 0.1) is 29.4 Å². The van der Waals surface area contributed by atoms with Crippen molar-refractivity contribution in [1.29, 1.82) is 0 Å². The highest BCUT2D eigenvalue weighted by Gasteiger charge is 2.27. The number of anilines is 1. The Hall–Kier alpha value is -3.13. The van der Waals surface area contributed by atoms with E-state index in [4.69, 9.17) is 4.98 Å². The van der Waals surface area contributed by atoms with E-state index in [1.807, 2.05) is 17.1 Å². The van der Waals surface area contributed by atoms with E-state index in [0.29, 0.717) is 17.1 Å². The smallest absolute Gasteiger partial charge is 0.262 e. The lowest BCUT2D eigenvalue weighted by Gasteiger charge is -2.23. The molecule has 0 spiro atoms. The van der Waals surface area contributed by atoms with Crippen LogP contribution in [0.3, 0.4) is 0 Å². The predicted molar refractivity (Wildman–Crippen MR) is 125 cm³/mol. The summed E-state index contributed by atoms with van der Waals surface area (Å²) in [6, 6.07) is 6.85. The molecule has 2 N–H and O–H groups in total. The molecule has 1 saturated carbocycles. The molecule has 0 unspecified atom stereocenters. The van der Waals surface area contributed by atoms with Crippen LogP contribution in [0.2, 0.25) is 0 Å². The molecule has 1 atom stereocenters. The first kappa shape index (κ1) is 19.5. The first-order valence-electron chi connectivity index (χ1n) is 11.6. The number of nitrogens with one attached hydrogen (secondary N) is 1. The largest absolute Gasteiger partial charge is 0.396 e. The van der Waals surface area contributed by atoms with Crippen molar-refractivity contribution < 1.29 is 5.11 Å². The number of rotatable bonds is 4. The summed E-state index contributed by atoms with van der Waals surface area (Å²) in [5, 5.41) is 10.2. The number of fused-ring (bicyclic) bond motifs is 2. The topological polar surface area (TPSA) is 92.0 Å². The second kappa shape index (κ2) is 7.78. The van der Waals surface area contributed by atoms with Gasteiger partial charge in [-0.3, -0.25) is 9.36 Å². The molecular weight excluding hydrogens is 404 g/mol. The number of aliphatic hydroxyl groups excluding tert-OH is 1. The van der Waals surface area contributed by atoms with Crippen LogP contribution >= 0.6 is 0 Å². The van der Waals surface area contributed by atoms with Gasteiger partial charge in [0.1, 0.15) is 5.39 Å². The van der Waals surface area contributed by atoms with Crippen LogP contribution in [0.1, 0.15) is 44.6 Å². The molecule has 3 aromatic heterocycles. The van der Waals surface area contributed by atoms with Crippen LogP contribution in [0, 0.1) is 5.92 Å². The summed E-state index contributed by atoms with van der Waals surface area (Å²) in [7, 11) is 0. The summed E-state index contributed by atoms with van der Waals surface area (Å²) < 4.78 is 4.32. The van der Waals surface area contributed by atoms with Gasteiger partial charge in [-0.2, -0.15) is 0 Å². The van der Waals surface area contributed by atoms with E-state index in [-0.39, 0.29) is 18.1 Å². The SMILES string of the molecule is O=c1[nH]cnc2c1c(N1CC[C@@H](CO)C1)cn2-c1ccc2c(c1)ncn2C1CCCCC1. The number of hydrogen-bond donors (Lipinski definition) is 2. The summed E-state index contributed by atoms with van der Waals surface area (Å²) in [6.45, 7) is 1.74. The maximum absolute atomic E-state index is 12.7.